The predicted octanol–water partition coefficient (Wildman–Crippen LogP) is 2.45. The van der Waals surface area contributed by atoms with Crippen LogP contribution in [0.25, 0.3) is 0 Å². The highest BCUT2D eigenvalue weighted by molar-refractivity contribution is 5.80. The third-order valence-electron chi connectivity index (χ3n) is 3.52. The van der Waals surface area contributed by atoms with E-state index < -0.39 is 6.10 Å². The molecule has 0 aliphatic rings. The zero-order valence-corrected chi connectivity index (χ0v) is 14.1. The largest absolute Gasteiger partial charge is 0.481 e. The Bertz CT molecular complexity index is 484. The van der Waals surface area contributed by atoms with Gasteiger partial charge in [0.05, 0.1) is 0 Å². The van der Waals surface area contributed by atoms with Gasteiger partial charge in [0.2, 0.25) is 0 Å². The lowest BCUT2D eigenvalue weighted by Gasteiger charge is -2.18. The second-order valence-electron chi connectivity index (χ2n) is 5.91. The Morgan fingerprint density at radius 1 is 1.29 bits per heavy atom. The molecule has 1 aromatic carbocycles. The fraction of sp³-hybridized carbons (Fsp3) is 0.588. The lowest BCUT2D eigenvalue weighted by Crippen LogP contribution is -2.37. The highest BCUT2D eigenvalue weighted by Crippen LogP contribution is 2.24. The number of carbonyl (C=O) groups is 1. The number of hydrogen-bond acceptors (Lipinski definition) is 3. The van der Waals surface area contributed by atoms with E-state index in [1.165, 1.54) is 5.56 Å². The molecule has 21 heavy (non-hydrogen) atoms. The molecular weight excluding hydrogens is 264 g/mol. The Balaban J connectivity index is 2.53. The van der Waals surface area contributed by atoms with Crippen LogP contribution in [-0.2, 0) is 4.79 Å². The molecule has 0 fully saturated rings. The van der Waals surface area contributed by atoms with Crippen molar-refractivity contribution < 1.29 is 9.53 Å². The minimum absolute atomic E-state index is 0.0627. The molecule has 0 aromatic heterocycles. The molecule has 1 atom stereocenters. The van der Waals surface area contributed by atoms with Gasteiger partial charge in [-0.05, 0) is 77.5 Å². The van der Waals surface area contributed by atoms with Gasteiger partial charge in [-0.25, -0.2) is 0 Å². The summed E-state index contributed by atoms with van der Waals surface area (Å²) in [5, 5.41) is 2.92. The van der Waals surface area contributed by atoms with E-state index in [4.69, 9.17) is 4.74 Å². The van der Waals surface area contributed by atoms with Crippen LogP contribution in [0.5, 0.6) is 5.75 Å². The van der Waals surface area contributed by atoms with E-state index in [1.54, 1.807) is 6.92 Å². The summed E-state index contributed by atoms with van der Waals surface area (Å²) in [6, 6.07) is 4.10. The van der Waals surface area contributed by atoms with Gasteiger partial charge >= 0.3 is 0 Å². The molecule has 1 N–H and O–H groups in total. The molecule has 0 radical (unpaired) electrons. The van der Waals surface area contributed by atoms with Gasteiger partial charge in [0.1, 0.15) is 5.75 Å². The third-order valence-corrected chi connectivity index (χ3v) is 3.52. The van der Waals surface area contributed by atoms with Crippen molar-refractivity contribution in [1.82, 2.24) is 10.2 Å². The monoisotopic (exact) mass is 292 g/mol. The van der Waals surface area contributed by atoms with E-state index in [0.29, 0.717) is 6.54 Å². The van der Waals surface area contributed by atoms with Crippen molar-refractivity contribution in [3.05, 3.63) is 28.8 Å². The Morgan fingerprint density at radius 2 is 1.95 bits per heavy atom. The van der Waals surface area contributed by atoms with Gasteiger partial charge in [-0.3, -0.25) is 4.79 Å². The molecule has 0 spiro atoms. The summed E-state index contributed by atoms with van der Waals surface area (Å²) in [6.07, 6.45) is 0.456. The molecule has 0 aliphatic heterocycles. The number of hydrogen-bond donors (Lipinski definition) is 1. The topological polar surface area (TPSA) is 41.6 Å². The van der Waals surface area contributed by atoms with Crippen molar-refractivity contribution in [3.63, 3.8) is 0 Å². The van der Waals surface area contributed by atoms with Crippen LogP contribution in [0, 0.1) is 20.8 Å². The van der Waals surface area contributed by atoms with Gasteiger partial charge in [-0.1, -0.05) is 6.07 Å². The molecule has 0 heterocycles. The standard InChI is InChI=1S/C17H28N2O2/c1-12-10-13(2)14(3)16(11-12)21-15(4)17(20)18-8-7-9-19(5)6/h10-11,15H,7-9H2,1-6H3,(H,18,20). The smallest absolute Gasteiger partial charge is 0.260 e. The first kappa shape index (κ1) is 17.5. The first-order valence-corrected chi connectivity index (χ1v) is 7.48. The van der Waals surface area contributed by atoms with Gasteiger partial charge in [0, 0.05) is 6.54 Å². The SMILES string of the molecule is Cc1cc(C)c(C)c(OC(C)C(=O)NCCCN(C)C)c1. The van der Waals surface area contributed by atoms with Gasteiger partial charge in [0.15, 0.2) is 6.10 Å². The van der Waals surface area contributed by atoms with E-state index in [1.807, 2.05) is 34.0 Å². The summed E-state index contributed by atoms with van der Waals surface area (Å²) in [4.78, 5) is 14.1. The number of nitrogens with one attached hydrogen (secondary N) is 1. The van der Waals surface area contributed by atoms with Gasteiger partial charge in [-0.2, -0.15) is 0 Å². The molecule has 0 saturated heterocycles. The van der Waals surface area contributed by atoms with Crippen molar-refractivity contribution in [2.75, 3.05) is 27.2 Å². The highest BCUT2D eigenvalue weighted by Gasteiger charge is 2.15. The predicted molar refractivity (Wildman–Crippen MR) is 86.9 cm³/mol. The zero-order valence-electron chi connectivity index (χ0n) is 14.1. The highest BCUT2D eigenvalue weighted by atomic mass is 16.5. The molecule has 0 saturated carbocycles. The summed E-state index contributed by atoms with van der Waals surface area (Å²) in [7, 11) is 4.05. The fourth-order valence-electron chi connectivity index (χ4n) is 2.12. The van der Waals surface area contributed by atoms with Crippen molar-refractivity contribution in [1.29, 1.82) is 0 Å². The van der Waals surface area contributed by atoms with E-state index >= 15 is 0 Å². The quantitative estimate of drug-likeness (QED) is 0.785. The van der Waals surface area contributed by atoms with Gasteiger partial charge < -0.3 is 15.0 Å². The van der Waals surface area contributed by atoms with Crippen molar-refractivity contribution >= 4 is 5.91 Å². The number of nitrogens with zero attached hydrogens (tertiary/aromatic N) is 1. The molecule has 1 aromatic rings. The second-order valence-corrected chi connectivity index (χ2v) is 5.91. The molecule has 4 heteroatoms. The van der Waals surface area contributed by atoms with Crippen molar-refractivity contribution in [2.24, 2.45) is 0 Å². The normalized spacial score (nSPS) is 12.3. The molecule has 1 unspecified atom stereocenters. The van der Waals surface area contributed by atoms with E-state index in [2.05, 4.69) is 23.2 Å². The van der Waals surface area contributed by atoms with Crippen LogP contribution >= 0.6 is 0 Å². The fourth-order valence-corrected chi connectivity index (χ4v) is 2.12. The zero-order chi connectivity index (χ0) is 16.0. The first-order chi connectivity index (χ1) is 9.81. The lowest BCUT2D eigenvalue weighted by atomic mass is 10.1. The van der Waals surface area contributed by atoms with Crippen molar-refractivity contribution in [3.8, 4) is 5.75 Å². The van der Waals surface area contributed by atoms with Crippen LogP contribution in [-0.4, -0.2) is 44.1 Å². The number of aryl methyl sites for hydroxylation is 2. The number of rotatable bonds is 7. The maximum atomic E-state index is 12.0. The van der Waals surface area contributed by atoms with Crippen LogP contribution in [0.1, 0.15) is 30.0 Å². The lowest BCUT2D eigenvalue weighted by molar-refractivity contribution is -0.127. The minimum atomic E-state index is -0.482. The average molecular weight is 292 g/mol. The van der Waals surface area contributed by atoms with E-state index in [0.717, 1.165) is 29.8 Å². The molecular formula is C17H28N2O2. The number of benzene rings is 1. The van der Waals surface area contributed by atoms with Crippen LogP contribution in [0.2, 0.25) is 0 Å². The second kappa shape index (κ2) is 8.03. The Labute approximate surface area is 128 Å². The molecule has 118 valence electrons. The van der Waals surface area contributed by atoms with Gasteiger partial charge in [-0.15, -0.1) is 0 Å². The summed E-state index contributed by atoms with van der Waals surface area (Å²) < 4.78 is 5.82. The summed E-state index contributed by atoms with van der Waals surface area (Å²) in [5.74, 6) is 0.732. The Hall–Kier alpha value is -1.55. The first-order valence-electron chi connectivity index (χ1n) is 7.48. The van der Waals surface area contributed by atoms with Crippen LogP contribution < -0.4 is 10.1 Å². The molecule has 4 nitrogen and oxygen atoms in total. The maximum absolute atomic E-state index is 12.0. The van der Waals surface area contributed by atoms with E-state index in [9.17, 15) is 4.79 Å². The number of amides is 1. The van der Waals surface area contributed by atoms with Crippen LogP contribution in [0.4, 0.5) is 0 Å². The Morgan fingerprint density at radius 3 is 2.57 bits per heavy atom. The molecule has 1 rings (SSSR count). The van der Waals surface area contributed by atoms with Crippen LogP contribution in [0.15, 0.2) is 12.1 Å². The maximum Gasteiger partial charge on any atom is 0.260 e. The molecule has 0 bridgehead atoms. The van der Waals surface area contributed by atoms with E-state index in [-0.39, 0.29) is 5.91 Å². The molecule has 1 amide bonds. The van der Waals surface area contributed by atoms with Crippen LogP contribution in [0.3, 0.4) is 0 Å². The van der Waals surface area contributed by atoms with Crippen molar-refractivity contribution in [2.45, 2.75) is 40.2 Å². The summed E-state index contributed by atoms with van der Waals surface area (Å²) in [6.45, 7) is 9.54. The average Bonchev–Trinajstić information content (AvgIpc) is 2.39. The summed E-state index contributed by atoms with van der Waals surface area (Å²) in [5.41, 5.74) is 3.42. The number of ether oxygens (including phenoxy) is 1. The third kappa shape index (κ3) is 5.76. The van der Waals surface area contributed by atoms with Gasteiger partial charge in [0.25, 0.3) is 5.91 Å². The minimum Gasteiger partial charge on any atom is -0.481 e. The Kier molecular flexibility index (Phi) is 6.69. The number of carbonyl (C=O) groups excluding carboxylic acids is 1. The summed E-state index contributed by atoms with van der Waals surface area (Å²) >= 11 is 0. The molecule has 0 aliphatic carbocycles.